The summed E-state index contributed by atoms with van der Waals surface area (Å²) in [7, 11) is 0. The van der Waals surface area contributed by atoms with Crippen molar-refractivity contribution in [2.45, 2.75) is 6.54 Å². The summed E-state index contributed by atoms with van der Waals surface area (Å²) in [6.07, 6.45) is 17.8. The summed E-state index contributed by atoms with van der Waals surface area (Å²) in [6, 6.07) is 20.3. The van der Waals surface area contributed by atoms with Crippen LogP contribution in [-0.4, -0.2) is 4.57 Å². The maximum absolute atomic E-state index is 12.9. The molecule has 0 spiro atoms. The third-order valence-electron chi connectivity index (χ3n) is 5.37. The predicted octanol–water partition coefficient (Wildman–Crippen LogP) is 5.57. The van der Waals surface area contributed by atoms with Crippen LogP contribution in [0.1, 0.15) is 11.3 Å². The SMILES string of the molecule is O=c1oc([C]2[CH][CH][CH][CH]2)cc2c3ccccc3n(Cc3ccccc3)c12.[CH]1[CH][CH][CH][CH]1.[Fe+2]. The van der Waals surface area contributed by atoms with E-state index >= 15 is 0 Å². The minimum Gasteiger partial charge on any atom is -0.426 e. The molecule has 0 aliphatic heterocycles. The molecule has 2 fully saturated rings. The summed E-state index contributed by atoms with van der Waals surface area (Å²) in [6.45, 7) is 0.630. The van der Waals surface area contributed by atoms with Crippen LogP contribution in [0.2, 0.25) is 0 Å². The Kier molecular flexibility index (Phi) is 7.55. The van der Waals surface area contributed by atoms with Gasteiger partial charge >= 0.3 is 22.7 Å². The molecule has 3 nitrogen and oxygen atoms in total. The van der Waals surface area contributed by atoms with Crippen LogP contribution in [0, 0.1) is 63.7 Å². The zero-order chi connectivity index (χ0) is 21.0. The molecule has 2 heterocycles. The average molecular weight is 459 g/mol. The summed E-state index contributed by atoms with van der Waals surface area (Å²) >= 11 is 0. The van der Waals surface area contributed by atoms with Gasteiger partial charge in [-0.15, -0.1) is 0 Å². The molecule has 10 radical (unpaired) electrons. The molecule has 0 unspecified atom stereocenters. The van der Waals surface area contributed by atoms with Gasteiger partial charge in [0.25, 0.3) is 0 Å². The standard InChI is InChI=1S/C23H16NO2.C5H5.Fe/c25-23-22-19(14-21(26-23)17-10-4-5-11-17)18-12-6-7-13-20(18)24(22)15-16-8-2-1-3-9-16;1-2-4-5-3-1;/h1-14H,15H2;1-5H;/q;;+2. The molecule has 0 amide bonds. The monoisotopic (exact) mass is 459 g/mol. The quantitative estimate of drug-likeness (QED) is 0.376. The van der Waals surface area contributed by atoms with E-state index in [0.717, 1.165) is 27.8 Å². The van der Waals surface area contributed by atoms with E-state index in [0.29, 0.717) is 17.8 Å². The Labute approximate surface area is 200 Å². The van der Waals surface area contributed by atoms with Crippen molar-refractivity contribution >= 4 is 21.8 Å². The van der Waals surface area contributed by atoms with Crippen molar-refractivity contribution in [3.8, 4) is 0 Å². The van der Waals surface area contributed by atoms with E-state index in [9.17, 15) is 4.79 Å². The number of aromatic nitrogens is 1. The van der Waals surface area contributed by atoms with Gasteiger partial charge in [0, 0.05) is 28.8 Å². The predicted molar refractivity (Wildman–Crippen MR) is 125 cm³/mol. The number of para-hydroxylation sites is 1. The van der Waals surface area contributed by atoms with Crippen molar-refractivity contribution in [2.75, 3.05) is 0 Å². The summed E-state index contributed by atoms with van der Waals surface area (Å²) < 4.78 is 7.72. The number of nitrogens with zero attached hydrogens (tertiary/aromatic N) is 1. The van der Waals surface area contributed by atoms with E-state index in [1.807, 2.05) is 94.2 Å². The number of hydrogen-bond acceptors (Lipinski definition) is 2. The van der Waals surface area contributed by atoms with Crippen LogP contribution >= 0.6 is 0 Å². The van der Waals surface area contributed by atoms with Gasteiger partial charge in [-0.2, -0.15) is 0 Å². The minimum absolute atomic E-state index is 0. The van der Waals surface area contributed by atoms with E-state index in [4.69, 9.17) is 4.42 Å². The fourth-order valence-electron chi connectivity index (χ4n) is 3.94. The van der Waals surface area contributed by atoms with Crippen LogP contribution in [-0.2, 0) is 23.6 Å². The summed E-state index contributed by atoms with van der Waals surface area (Å²) in [5.41, 5.74) is 2.50. The maximum atomic E-state index is 12.9. The zero-order valence-electron chi connectivity index (χ0n) is 17.3. The van der Waals surface area contributed by atoms with Crippen molar-refractivity contribution in [3.63, 3.8) is 0 Å². The van der Waals surface area contributed by atoms with Crippen molar-refractivity contribution < 1.29 is 21.5 Å². The van der Waals surface area contributed by atoms with Gasteiger partial charge in [0.1, 0.15) is 11.3 Å². The van der Waals surface area contributed by atoms with Gasteiger partial charge in [-0.05, 0) is 75.5 Å². The van der Waals surface area contributed by atoms with Crippen molar-refractivity contribution in [3.05, 3.63) is 146 Å². The molecule has 0 saturated heterocycles. The Morgan fingerprint density at radius 3 is 2.03 bits per heavy atom. The van der Waals surface area contributed by atoms with Crippen molar-refractivity contribution in [2.24, 2.45) is 0 Å². The van der Waals surface area contributed by atoms with Gasteiger partial charge in [-0.3, -0.25) is 0 Å². The molecule has 4 heteroatoms. The Morgan fingerprint density at radius 1 is 0.719 bits per heavy atom. The molecule has 32 heavy (non-hydrogen) atoms. The number of hydrogen-bond donors (Lipinski definition) is 0. The normalized spacial score (nSPS) is 16.1. The first kappa shape index (κ1) is 22.9. The van der Waals surface area contributed by atoms with Crippen LogP contribution in [0.25, 0.3) is 21.8 Å². The molecule has 2 saturated carbocycles. The molecule has 2 aromatic carbocycles. The summed E-state index contributed by atoms with van der Waals surface area (Å²) in [5, 5.41) is 2.00. The molecule has 2 aliphatic rings. The van der Waals surface area contributed by atoms with Gasteiger partial charge in [0.05, 0.1) is 0 Å². The molecule has 0 bridgehead atoms. The first-order chi connectivity index (χ1) is 15.3. The van der Waals surface area contributed by atoms with Gasteiger partial charge in [-0.25, -0.2) is 4.79 Å². The molecule has 156 valence electrons. The average Bonchev–Trinajstić information content (AvgIpc) is 3.58. The third kappa shape index (κ3) is 4.72. The van der Waals surface area contributed by atoms with Gasteiger partial charge < -0.3 is 8.98 Å². The Morgan fingerprint density at radius 2 is 1.34 bits per heavy atom. The molecular weight excluding hydrogens is 438 g/mol. The van der Waals surface area contributed by atoms with E-state index in [1.165, 1.54) is 0 Å². The number of fused-ring (bicyclic) bond motifs is 3. The largest absolute Gasteiger partial charge is 2.00 e. The van der Waals surface area contributed by atoms with Crippen LogP contribution in [0.15, 0.2) is 69.9 Å². The van der Waals surface area contributed by atoms with Gasteiger partial charge in [0.2, 0.25) is 0 Å². The molecule has 2 aromatic heterocycles. The van der Waals surface area contributed by atoms with Crippen LogP contribution in [0.4, 0.5) is 0 Å². The second-order valence-electron chi connectivity index (χ2n) is 7.39. The Balaban J connectivity index is 0.000000363. The molecule has 2 aliphatic carbocycles. The second kappa shape index (κ2) is 10.6. The van der Waals surface area contributed by atoms with E-state index in [2.05, 4.69) is 28.8 Å². The first-order valence-corrected chi connectivity index (χ1v) is 10.3. The van der Waals surface area contributed by atoms with Crippen molar-refractivity contribution in [1.29, 1.82) is 0 Å². The molecular formula is C28H21FeNO2+2. The van der Waals surface area contributed by atoms with Crippen LogP contribution in [0.3, 0.4) is 0 Å². The van der Waals surface area contributed by atoms with Crippen LogP contribution < -0.4 is 5.63 Å². The van der Waals surface area contributed by atoms with Crippen LogP contribution in [0.5, 0.6) is 0 Å². The van der Waals surface area contributed by atoms with Crippen molar-refractivity contribution in [1.82, 2.24) is 4.57 Å². The Hall–Kier alpha value is -2.29. The topological polar surface area (TPSA) is 35.1 Å². The number of rotatable bonds is 3. The molecule has 0 N–H and O–H groups in total. The molecule has 0 atom stereocenters. The summed E-state index contributed by atoms with van der Waals surface area (Å²) in [4.78, 5) is 12.9. The first-order valence-electron chi connectivity index (χ1n) is 10.3. The smallest absolute Gasteiger partial charge is 0.426 e. The van der Waals surface area contributed by atoms with E-state index < -0.39 is 0 Å². The molecule has 4 aromatic rings. The fourth-order valence-corrected chi connectivity index (χ4v) is 3.94. The number of benzene rings is 2. The van der Waals surface area contributed by atoms with Gasteiger partial charge in [-0.1, -0.05) is 48.5 Å². The maximum Gasteiger partial charge on any atom is 2.00 e. The molecule has 6 rings (SSSR count). The van der Waals surface area contributed by atoms with E-state index in [-0.39, 0.29) is 22.7 Å². The Bertz CT molecular complexity index is 1210. The third-order valence-corrected chi connectivity index (χ3v) is 5.37. The van der Waals surface area contributed by atoms with E-state index in [1.54, 1.807) is 0 Å². The van der Waals surface area contributed by atoms with Gasteiger partial charge in [0.15, 0.2) is 0 Å². The minimum atomic E-state index is -0.300. The zero-order valence-corrected chi connectivity index (χ0v) is 18.4. The second-order valence-corrected chi connectivity index (χ2v) is 7.39. The summed E-state index contributed by atoms with van der Waals surface area (Å²) in [5.74, 6) is 1.53. The fraction of sp³-hybridized carbons (Fsp3) is 0.0357.